The number of halogens is 1. The van der Waals surface area contributed by atoms with E-state index in [9.17, 15) is 13.2 Å². The van der Waals surface area contributed by atoms with E-state index in [0.717, 1.165) is 44.6 Å². The van der Waals surface area contributed by atoms with Gasteiger partial charge in [-0.2, -0.15) is 0 Å². The van der Waals surface area contributed by atoms with Gasteiger partial charge in [-0.25, -0.2) is 8.42 Å². The molecule has 1 amide bonds. The molecule has 140 valence electrons. The lowest BCUT2D eigenvalue weighted by Crippen LogP contribution is -2.44. The maximum Gasteiger partial charge on any atom is 0.226 e. The van der Waals surface area contributed by atoms with Crippen molar-refractivity contribution >= 4 is 28.2 Å². The van der Waals surface area contributed by atoms with Crippen LogP contribution in [0, 0.1) is 5.41 Å². The van der Waals surface area contributed by atoms with Gasteiger partial charge in [0.25, 0.3) is 0 Å². The molecule has 2 heterocycles. The van der Waals surface area contributed by atoms with Gasteiger partial charge in [0.05, 0.1) is 17.1 Å². The van der Waals surface area contributed by atoms with Crippen molar-refractivity contribution in [3.63, 3.8) is 0 Å². The van der Waals surface area contributed by atoms with E-state index in [1.807, 2.05) is 4.90 Å². The molecule has 0 unspecified atom stereocenters. The molecule has 0 saturated carbocycles. The zero-order chi connectivity index (χ0) is 17.2. The molecule has 1 aromatic carbocycles. The maximum absolute atomic E-state index is 12.5. The van der Waals surface area contributed by atoms with Crippen molar-refractivity contribution in [3.05, 3.63) is 29.8 Å². The number of likely N-dealkylation sites (tertiary alicyclic amines) is 1. The highest BCUT2D eigenvalue weighted by Gasteiger charge is 2.37. The molecule has 0 bridgehead atoms. The van der Waals surface area contributed by atoms with Gasteiger partial charge in [-0.3, -0.25) is 4.79 Å². The van der Waals surface area contributed by atoms with Crippen LogP contribution in [0.1, 0.15) is 31.7 Å². The van der Waals surface area contributed by atoms with Gasteiger partial charge in [-0.15, -0.1) is 12.4 Å². The summed E-state index contributed by atoms with van der Waals surface area (Å²) in [6.45, 7) is 5.49. The highest BCUT2D eigenvalue weighted by Crippen LogP contribution is 2.36. The smallest absolute Gasteiger partial charge is 0.226 e. The Morgan fingerprint density at radius 3 is 2.32 bits per heavy atom. The first-order valence-electron chi connectivity index (χ1n) is 8.74. The molecule has 0 aliphatic carbocycles. The SMILES string of the molecule is CCS(=O)(=O)c1ccc(CC(=O)N2CCC3(CCNC3)CC2)cc1.Cl. The minimum atomic E-state index is -3.18. The molecule has 1 N–H and O–H groups in total. The first kappa shape index (κ1) is 20.2. The summed E-state index contributed by atoms with van der Waals surface area (Å²) in [5, 5.41) is 3.44. The van der Waals surface area contributed by atoms with Gasteiger partial charge in [0.15, 0.2) is 9.84 Å². The van der Waals surface area contributed by atoms with E-state index >= 15 is 0 Å². The first-order chi connectivity index (χ1) is 11.4. The third-order valence-electron chi connectivity index (χ3n) is 5.53. The molecule has 0 aromatic heterocycles. The number of sulfone groups is 1. The second-order valence-corrected chi connectivity index (χ2v) is 9.31. The second-order valence-electron chi connectivity index (χ2n) is 7.03. The number of hydrogen-bond acceptors (Lipinski definition) is 4. The summed E-state index contributed by atoms with van der Waals surface area (Å²) in [5.74, 6) is 0.234. The Balaban J connectivity index is 0.00000225. The van der Waals surface area contributed by atoms with Crippen LogP contribution in [0.5, 0.6) is 0 Å². The summed E-state index contributed by atoms with van der Waals surface area (Å²) >= 11 is 0. The molecule has 2 saturated heterocycles. The van der Waals surface area contributed by atoms with Crippen LogP contribution in [0.3, 0.4) is 0 Å². The molecule has 0 atom stereocenters. The largest absolute Gasteiger partial charge is 0.342 e. The van der Waals surface area contributed by atoms with Crippen LogP contribution >= 0.6 is 12.4 Å². The molecular weight excluding hydrogens is 360 g/mol. The highest BCUT2D eigenvalue weighted by atomic mass is 35.5. The lowest BCUT2D eigenvalue weighted by Gasteiger charge is -2.39. The van der Waals surface area contributed by atoms with E-state index in [4.69, 9.17) is 0 Å². The standard InChI is InChI=1S/C18H26N2O3S.ClH/c1-2-24(22,23)16-5-3-15(4-6-16)13-17(21)20-11-8-18(9-12-20)7-10-19-14-18;/h3-6,19H,2,7-14H2,1H3;1H. The Morgan fingerprint density at radius 2 is 1.80 bits per heavy atom. The molecule has 2 fully saturated rings. The van der Waals surface area contributed by atoms with Crippen molar-refractivity contribution in [3.8, 4) is 0 Å². The van der Waals surface area contributed by atoms with Crippen LogP contribution in [0.4, 0.5) is 0 Å². The van der Waals surface area contributed by atoms with Crippen molar-refractivity contribution < 1.29 is 13.2 Å². The number of amides is 1. The second kappa shape index (κ2) is 8.06. The molecule has 0 radical (unpaired) electrons. The van der Waals surface area contributed by atoms with Gasteiger partial charge in [0, 0.05) is 19.6 Å². The van der Waals surface area contributed by atoms with E-state index in [2.05, 4.69) is 5.32 Å². The van der Waals surface area contributed by atoms with Crippen molar-refractivity contribution in [1.29, 1.82) is 0 Å². The van der Waals surface area contributed by atoms with Crippen molar-refractivity contribution in [2.24, 2.45) is 5.41 Å². The van der Waals surface area contributed by atoms with Crippen molar-refractivity contribution in [2.45, 2.75) is 37.5 Å². The quantitative estimate of drug-likeness (QED) is 0.860. The molecule has 2 aliphatic rings. The number of rotatable bonds is 4. The van der Waals surface area contributed by atoms with Gasteiger partial charge in [0.1, 0.15) is 0 Å². The summed E-state index contributed by atoms with van der Waals surface area (Å²) in [4.78, 5) is 14.8. The number of piperidine rings is 1. The zero-order valence-electron chi connectivity index (χ0n) is 14.7. The summed E-state index contributed by atoms with van der Waals surface area (Å²) in [6, 6.07) is 6.73. The third kappa shape index (κ3) is 4.54. The molecule has 25 heavy (non-hydrogen) atoms. The highest BCUT2D eigenvalue weighted by molar-refractivity contribution is 7.91. The van der Waals surface area contributed by atoms with E-state index < -0.39 is 9.84 Å². The summed E-state index contributed by atoms with van der Waals surface area (Å²) in [6.07, 6.45) is 3.74. The Bertz CT molecular complexity index is 688. The number of nitrogens with one attached hydrogen (secondary N) is 1. The topological polar surface area (TPSA) is 66.5 Å². The summed E-state index contributed by atoms with van der Waals surface area (Å²) in [5.41, 5.74) is 1.28. The number of carbonyl (C=O) groups excluding carboxylic acids is 1. The van der Waals surface area contributed by atoms with Gasteiger partial charge >= 0.3 is 0 Å². The average Bonchev–Trinajstić information content (AvgIpc) is 3.04. The minimum Gasteiger partial charge on any atom is -0.342 e. The van der Waals surface area contributed by atoms with Gasteiger partial charge in [-0.05, 0) is 48.9 Å². The number of benzene rings is 1. The van der Waals surface area contributed by atoms with E-state index in [1.54, 1.807) is 31.2 Å². The van der Waals surface area contributed by atoms with Crippen LogP contribution in [-0.2, 0) is 21.1 Å². The Kier molecular flexibility index (Phi) is 6.51. The molecule has 1 spiro atoms. The lowest BCUT2D eigenvalue weighted by atomic mass is 9.78. The summed E-state index contributed by atoms with van der Waals surface area (Å²) < 4.78 is 23.6. The predicted octanol–water partition coefficient (Wildman–Crippen LogP) is 2.05. The lowest BCUT2D eigenvalue weighted by molar-refractivity contribution is -0.132. The normalized spacial score (nSPS) is 19.6. The fourth-order valence-electron chi connectivity index (χ4n) is 3.72. The molecule has 7 heteroatoms. The van der Waals surface area contributed by atoms with Gasteiger partial charge in [-0.1, -0.05) is 19.1 Å². The molecule has 5 nitrogen and oxygen atoms in total. The fraction of sp³-hybridized carbons (Fsp3) is 0.611. The maximum atomic E-state index is 12.5. The fourth-order valence-corrected chi connectivity index (χ4v) is 4.60. The van der Waals surface area contributed by atoms with Crippen LogP contribution in [0.15, 0.2) is 29.2 Å². The van der Waals surface area contributed by atoms with Gasteiger partial charge < -0.3 is 10.2 Å². The molecule has 1 aromatic rings. The molecular formula is C18H27ClN2O3S. The summed E-state index contributed by atoms with van der Waals surface area (Å²) in [7, 11) is -3.18. The van der Waals surface area contributed by atoms with Crippen molar-refractivity contribution in [2.75, 3.05) is 31.9 Å². The Hall–Kier alpha value is -1.11. The van der Waals surface area contributed by atoms with Crippen LogP contribution in [-0.4, -0.2) is 51.2 Å². The van der Waals surface area contributed by atoms with Crippen LogP contribution in [0.25, 0.3) is 0 Å². The average molecular weight is 387 g/mol. The van der Waals surface area contributed by atoms with E-state index in [-0.39, 0.29) is 24.1 Å². The Morgan fingerprint density at radius 1 is 1.16 bits per heavy atom. The van der Waals surface area contributed by atoms with Crippen molar-refractivity contribution in [1.82, 2.24) is 10.2 Å². The van der Waals surface area contributed by atoms with Crippen LogP contribution in [0.2, 0.25) is 0 Å². The minimum absolute atomic E-state index is 0. The first-order valence-corrected chi connectivity index (χ1v) is 10.4. The molecule has 3 rings (SSSR count). The number of nitrogens with zero attached hydrogens (tertiary/aromatic N) is 1. The Labute approximate surface area is 156 Å². The zero-order valence-corrected chi connectivity index (χ0v) is 16.3. The predicted molar refractivity (Wildman–Crippen MR) is 101 cm³/mol. The third-order valence-corrected chi connectivity index (χ3v) is 7.28. The van der Waals surface area contributed by atoms with E-state index in [0.29, 0.717) is 16.7 Å². The van der Waals surface area contributed by atoms with E-state index in [1.165, 1.54) is 6.42 Å². The van der Waals surface area contributed by atoms with Crippen LogP contribution < -0.4 is 5.32 Å². The molecule has 2 aliphatic heterocycles. The van der Waals surface area contributed by atoms with Gasteiger partial charge in [0.2, 0.25) is 5.91 Å². The number of hydrogen-bond donors (Lipinski definition) is 1. The number of carbonyl (C=O) groups is 1. The monoisotopic (exact) mass is 386 g/mol.